The van der Waals surface area contributed by atoms with E-state index >= 15 is 0 Å². The van der Waals surface area contributed by atoms with Crippen molar-refractivity contribution in [2.45, 2.75) is 26.3 Å². The van der Waals surface area contributed by atoms with Crippen molar-refractivity contribution in [1.82, 2.24) is 5.32 Å². The molecule has 2 aromatic heterocycles. The van der Waals surface area contributed by atoms with Gasteiger partial charge in [0.25, 0.3) is 0 Å². The minimum absolute atomic E-state index is 0.203. The second-order valence-corrected chi connectivity index (χ2v) is 5.14. The quantitative estimate of drug-likeness (QED) is 0.747. The van der Waals surface area contributed by atoms with Gasteiger partial charge in [0.1, 0.15) is 23.3 Å². The standard InChI is InChI=1S/C17H18FNO2/c1-3-9-19-16(14-8-7-11(2)20-14)15-10-12-5-4-6-13(18)17(12)21-15/h4-8,10,16,19H,3,9H2,1-2H3. The topological polar surface area (TPSA) is 38.3 Å². The second-order valence-electron chi connectivity index (χ2n) is 5.14. The molecule has 0 fully saturated rings. The summed E-state index contributed by atoms with van der Waals surface area (Å²) in [6.45, 7) is 4.82. The molecule has 1 aromatic carbocycles. The molecule has 3 rings (SSSR count). The third-order valence-electron chi connectivity index (χ3n) is 3.44. The molecule has 0 saturated heterocycles. The third-order valence-corrected chi connectivity index (χ3v) is 3.44. The average molecular weight is 287 g/mol. The molecule has 2 heterocycles. The normalized spacial score (nSPS) is 12.9. The molecule has 0 spiro atoms. The summed E-state index contributed by atoms with van der Waals surface area (Å²) in [5, 5.41) is 4.15. The molecular weight excluding hydrogens is 269 g/mol. The number of hydrogen-bond acceptors (Lipinski definition) is 3. The third kappa shape index (κ3) is 2.72. The first kappa shape index (κ1) is 13.9. The van der Waals surface area contributed by atoms with Gasteiger partial charge in [-0.15, -0.1) is 0 Å². The van der Waals surface area contributed by atoms with Gasteiger partial charge >= 0.3 is 0 Å². The highest BCUT2D eigenvalue weighted by Crippen LogP contribution is 2.30. The fourth-order valence-electron chi connectivity index (χ4n) is 2.43. The van der Waals surface area contributed by atoms with E-state index in [-0.39, 0.29) is 11.9 Å². The number of halogens is 1. The molecule has 0 aliphatic heterocycles. The number of aryl methyl sites for hydroxylation is 1. The van der Waals surface area contributed by atoms with Gasteiger partial charge in [0.2, 0.25) is 0 Å². The van der Waals surface area contributed by atoms with Crippen LogP contribution in [0.5, 0.6) is 0 Å². The van der Waals surface area contributed by atoms with Crippen LogP contribution in [0.15, 0.2) is 45.2 Å². The van der Waals surface area contributed by atoms with Crippen LogP contribution in [0.3, 0.4) is 0 Å². The Balaban J connectivity index is 2.03. The van der Waals surface area contributed by atoms with Crippen molar-refractivity contribution in [3.63, 3.8) is 0 Å². The summed E-state index contributed by atoms with van der Waals surface area (Å²) in [6, 6.07) is 10.4. The smallest absolute Gasteiger partial charge is 0.169 e. The van der Waals surface area contributed by atoms with Crippen molar-refractivity contribution in [2.24, 2.45) is 0 Å². The maximum Gasteiger partial charge on any atom is 0.169 e. The molecule has 0 aliphatic carbocycles. The molecule has 0 saturated carbocycles. The summed E-state index contributed by atoms with van der Waals surface area (Å²) in [5.74, 6) is 1.94. The monoisotopic (exact) mass is 287 g/mol. The molecule has 1 N–H and O–H groups in total. The summed E-state index contributed by atoms with van der Waals surface area (Å²) in [7, 11) is 0. The van der Waals surface area contributed by atoms with Crippen molar-refractivity contribution < 1.29 is 13.2 Å². The van der Waals surface area contributed by atoms with Crippen LogP contribution >= 0.6 is 0 Å². The average Bonchev–Trinajstić information content (AvgIpc) is 3.07. The van der Waals surface area contributed by atoms with Crippen LogP contribution in [0.4, 0.5) is 4.39 Å². The number of hydrogen-bond donors (Lipinski definition) is 1. The second kappa shape index (κ2) is 5.74. The zero-order valence-corrected chi connectivity index (χ0v) is 12.2. The maximum atomic E-state index is 13.8. The number of rotatable bonds is 5. The Morgan fingerprint density at radius 2 is 2.00 bits per heavy atom. The summed E-state index contributed by atoms with van der Waals surface area (Å²) < 4.78 is 25.2. The molecule has 0 bridgehead atoms. The van der Waals surface area contributed by atoms with Crippen molar-refractivity contribution in [3.05, 3.63) is 59.5 Å². The molecule has 3 aromatic rings. The van der Waals surface area contributed by atoms with E-state index in [0.29, 0.717) is 11.3 Å². The van der Waals surface area contributed by atoms with E-state index in [4.69, 9.17) is 8.83 Å². The summed E-state index contributed by atoms with van der Waals surface area (Å²) in [5.41, 5.74) is 0.291. The number of para-hydroxylation sites is 1. The zero-order chi connectivity index (χ0) is 14.8. The van der Waals surface area contributed by atoms with Gasteiger partial charge in [-0.25, -0.2) is 4.39 Å². The van der Waals surface area contributed by atoms with Gasteiger partial charge in [0.15, 0.2) is 11.4 Å². The Morgan fingerprint density at radius 1 is 1.14 bits per heavy atom. The first-order valence-electron chi connectivity index (χ1n) is 7.16. The van der Waals surface area contributed by atoms with Gasteiger partial charge in [0.05, 0.1) is 0 Å². The van der Waals surface area contributed by atoms with Gasteiger partial charge in [-0.05, 0) is 44.2 Å². The summed E-state index contributed by atoms with van der Waals surface area (Å²) >= 11 is 0. The van der Waals surface area contributed by atoms with Crippen LogP contribution in [0.2, 0.25) is 0 Å². The number of furan rings is 2. The molecule has 3 nitrogen and oxygen atoms in total. The largest absolute Gasteiger partial charge is 0.464 e. The number of fused-ring (bicyclic) bond motifs is 1. The Labute approximate surface area is 122 Å². The molecule has 110 valence electrons. The van der Waals surface area contributed by atoms with E-state index in [0.717, 1.165) is 29.9 Å². The van der Waals surface area contributed by atoms with Crippen molar-refractivity contribution in [1.29, 1.82) is 0 Å². The van der Waals surface area contributed by atoms with Gasteiger partial charge in [0, 0.05) is 5.39 Å². The molecule has 1 unspecified atom stereocenters. The lowest BCUT2D eigenvalue weighted by Gasteiger charge is -2.13. The highest BCUT2D eigenvalue weighted by Gasteiger charge is 2.21. The number of benzene rings is 1. The number of nitrogens with one attached hydrogen (secondary N) is 1. The molecular formula is C17H18FNO2. The van der Waals surface area contributed by atoms with Gasteiger partial charge in [-0.1, -0.05) is 19.1 Å². The highest BCUT2D eigenvalue weighted by molar-refractivity contribution is 5.78. The van der Waals surface area contributed by atoms with Crippen LogP contribution < -0.4 is 5.32 Å². The van der Waals surface area contributed by atoms with E-state index in [1.807, 2.05) is 31.2 Å². The fraction of sp³-hybridized carbons (Fsp3) is 0.294. The minimum Gasteiger partial charge on any atom is -0.464 e. The van der Waals surface area contributed by atoms with Crippen LogP contribution in [-0.2, 0) is 0 Å². The molecule has 1 atom stereocenters. The zero-order valence-electron chi connectivity index (χ0n) is 12.2. The van der Waals surface area contributed by atoms with Gasteiger partial charge in [-0.3, -0.25) is 0 Å². The van der Waals surface area contributed by atoms with Crippen molar-refractivity contribution in [3.8, 4) is 0 Å². The highest BCUT2D eigenvalue weighted by atomic mass is 19.1. The summed E-state index contributed by atoms with van der Waals surface area (Å²) in [6.07, 6.45) is 0.991. The van der Waals surface area contributed by atoms with Crippen LogP contribution in [0, 0.1) is 12.7 Å². The minimum atomic E-state index is -0.344. The van der Waals surface area contributed by atoms with Crippen LogP contribution in [0.25, 0.3) is 11.0 Å². The SMILES string of the molecule is CCCNC(c1ccc(C)o1)c1cc2cccc(F)c2o1. The van der Waals surface area contributed by atoms with E-state index in [1.165, 1.54) is 6.07 Å². The first-order chi connectivity index (χ1) is 10.2. The lowest BCUT2D eigenvalue weighted by Crippen LogP contribution is -2.22. The molecule has 0 aliphatic rings. The van der Waals surface area contributed by atoms with E-state index in [1.54, 1.807) is 6.07 Å². The predicted octanol–water partition coefficient (Wildman–Crippen LogP) is 4.56. The van der Waals surface area contributed by atoms with Crippen molar-refractivity contribution in [2.75, 3.05) is 6.54 Å². The Hall–Kier alpha value is -2.07. The van der Waals surface area contributed by atoms with Crippen LogP contribution in [-0.4, -0.2) is 6.54 Å². The first-order valence-corrected chi connectivity index (χ1v) is 7.16. The van der Waals surface area contributed by atoms with E-state index < -0.39 is 0 Å². The molecule has 0 amide bonds. The van der Waals surface area contributed by atoms with E-state index in [9.17, 15) is 4.39 Å². The fourth-order valence-corrected chi connectivity index (χ4v) is 2.43. The molecule has 21 heavy (non-hydrogen) atoms. The molecule has 4 heteroatoms. The summed E-state index contributed by atoms with van der Waals surface area (Å²) in [4.78, 5) is 0. The Kier molecular flexibility index (Phi) is 3.80. The van der Waals surface area contributed by atoms with E-state index in [2.05, 4.69) is 12.2 Å². The predicted molar refractivity (Wildman–Crippen MR) is 79.8 cm³/mol. The maximum absolute atomic E-state index is 13.8. The lowest BCUT2D eigenvalue weighted by molar-refractivity contribution is 0.387. The van der Waals surface area contributed by atoms with Gasteiger partial charge < -0.3 is 14.2 Å². The van der Waals surface area contributed by atoms with Crippen molar-refractivity contribution >= 4 is 11.0 Å². The van der Waals surface area contributed by atoms with Crippen LogP contribution in [0.1, 0.15) is 36.7 Å². The Morgan fingerprint density at radius 3 is 2.67 bits per heavy atom. The Bertz CT molecular complexity index is 744. The lowest BCUT2D eigenvalue weighted by atomic mass is 10.1. The molecule has 0 radical (unpaired) electrons. The van der Waals surface area contributed by atoms with Gasteiger partial charge in [-0.2, -0.15) is 0 Å².